The standard InChI is InChI=1S/C13H8Cl2FN5/c14-8-1-2-11(16)12(6-8)21-13(18-19-20-21)7-3-9(15)5-10(17)4-7/h1-6H,17H2. The van der Waals surface area contributed by atoms with Crippen molar-refractivity contribution in [1.82, 2.24) is 20.2 Å². The second kappa shape index (κ2) is 5.31. The number of hydrogen-bond acceptors (Lipinski definition) is 4. The Kier molecular flexibility index (Phi) is 3.48. The van der Waals surface area contributed by atoms with Crippen LogP contribution in [-0.4, -0.2) is 20.2 Å². The van der Waals surface area contributed by atoms with Crippen LogP contribution in [0.15, 0.2) is 36.4 Å². The number of benzene rings is 2. The van der Waals surface area contributed by atoms with Crippen LogP contribution in [0.4, 0.5) is 10.1 Å². The minimum Gasteiger partial charge on any atom is -0.399 e. The van der Waals surface area contributed by atoms with Gasteiger partial charge in [-0.15, -0.1) is 5.10 Å². The summed E-state index contributed by atoms with van der Waals surface area (Å²) < 4.78 is 15.2. The smallest absolute Gasteiger partial charge is 0.187 e. The maximum atomic E-state index is 14.0. The lowest BCUT2D eigenvalue weighted by molar-refractivity contribution is 0.608. The van der Waals surface area contributed by atoms with Crippen molar-refractivity contribution in [1.29, 1.82) is 0 Å². The lowest BCUT2D eigenvalue weighted by atomic mass is 10.2. The second-order valence-electron chi connectivity index (χ2n) is 4.28. The van der Waals surface area contributed by atoms with Gasteiger partial charge in [-0.25, -0.2) is 4.39 Å². The minimum absolute atomic E-state index is 0.140. The van der Waals surface area contributed by atoms with Crippen molar-refractivity contribution in [3.05, 3.63) is 52.3 Å². The molecule has 5 nitrogen and oxygen atoms in total. The summed E-state index contributed by atoms with van der Waals surface area (Å²) in [5.74, 6) is -0.187. The summed E-state index contributed by atoms with van der Waals surface area (Å²) in [6.07, 6.45) is 0. The molecule has 0 bridgehead atoms. The molecule has 106 valence electrons. The molecule has 2 aromatic carbocycles. The molecule has 0 saturated heterocycles. The molecule has 0 aliphatic carbocycles. The molecule has 0 fully saturated rings. The SMILES string of the molecule is Nc1cc(Cl)cc(-c2nnnn2-c2cc(Cl)ccc2F)c1. The molecule has 8 heteroatoms. The van der Waals surface area contributed by atoms with Gasteiger partial charge in [-0.2, -0.15) is 4.68 Å². The largest absolute Gasteiger partial charge is 0.399 e. The highest BCUT2D eigenvalue weighted by atomic mass is 35.5. The van der Waals surface area contributed by atoms with Crippen molar-refractivity contribution in [2.45, 2.75) is 0 Å². The number of tetrazole rings is 1. The van der Waals surface area contributed by atoms with Gasteiger partial charge in [0.2, 0.25) is 0 Å². The first-order chi connectivity index (χ1) is 10.0. The van der Waals surface area contributed by atoms with E-state index in [0.29, 0.717) is 27.1 Å². The van der Waals surface area contributed by atoms with E-state index in [1.807, 2.05) is 0 Å². The zero-order valence-corrected chi connectivity index (χ0v) is 12.0. The van der Waals surface area contributed by atoms with Gasteiger partial charge in [-0.05, 0) is 46.8 Å². The van der Waals surface area contributed by atoms with Crippen LogP contribution in [0.3, 0.4) is 0 Å². The van der Waals surface area contributed by atoms with Gasteiger partial charge in [-0.1, -0.05) is 23.2 Å². The fraction of sp³-hybridized carbons (Fsp3) is 0. The molecule has 0 aliphatic rings. The Balaban J connectivity index is 2.19. The Morgan fingerprint density at radius 1 is 1.05 bits per heavy atom. The molecule has 0 unspecified atom stereocenters. The summed E-state index contributed by atoms with van der Waals surface area (Å²) in [7, 11) is 0. The normalized spacial score (nSPS) is 10.8. The third-order valence-electron chi connectivity index (χ3n) is 2.78. The van der Waals surface area contributed by atoms with E-state index < -0.39 is 5.82 Å². The fourth-order valence-corrected chi connectivity index (χ4v) is 2.33. The predicted molar refractivity (Wildman–Crippen MR) is 79.0 cm³/mol. The zero-order valence-electron chi connectivity index (χ0n) is 10.5. The summed E-state index contributed by atoms with van der Waals surface area (Å²) in [5.41, 5.74) is 6.92. The molecule has 21 heavy (non-hydrogen) atoms. The molecule has 0 atom stereocenters. The topological polar surface area (TPSA) is 69.6 Å². The van der Waals surface area contributed by atoms with Crippen molar-refractivity contribution in [3.63, 3.8) is 0 Å². The van der Waals surface area contributed by atoms with E-state index >= 15 is 0 Å². The number of nitrogens with two attached hydrogens (primary N) is 1. The maximum Gasteiger partial charge on any atom is 0.187 e. The van der Waals surface area contributed by atoms with Gasteiger partial charge in [0.1, 0.15) is 11.5 Å². The average Bonchev–Trinajstić information content (AvgIpc) is 2.89. The highest BCUT2D eigenvalue weighted by Crippen LogP contribution is 2.27. The van der Waals surface area contributed by atoms with Gasteiger partial charge in [-0.3, -0.25) is 0 Å². The van der Waals surface area contributed by atoms with Gasteiger partial charge in [0.05, 0.1) is 0 Å². The number of halogens is 3. The van der Waals surface area contributed by atoms with Crippen LogP contribution in [0, 0.1) is 5.82 Å². The van der Waals surface area contributed by atoms with Gasteiger partial charge < -0.3 is 5.73 Å². The van der Waals surface area contributed by atoms with E-state index in [9.17, 15) is 4.39 Å². The number of hydrogen-bond donors (Lipinski definition) is 1. The maximum absolute atomic E-state index is 14.0. The Morgan fingerprint density at radius 2 is 1.86 bits per heavy atom. The first kappa shape index (κ1) is 13.8. The number of nitrogens with zero attached hydrogens (tertiary/aromatic N) is 4. The molecule has 3 aromatic rings. The third kappa shape index (κ3) is 2.68. The van der Waals surface area contributed by atoms with Crippen LogP contribution >= 0.6 is 23.2 Å². The highest BCUT2D eigenvalue weighted by Gasteiger charge is 2.15. The molecular weight excluding hydrogens is 316 g/mol. The van der Waals surface area contributed by atoms with Gasteiger partial charge in [0.25, 0.3) is 0 Å². The first-order valence-corrected chi connectivity index (χ1v) is 6.60. The van der Waals surface area contributed by atoms with Crippen LogP contribution in [-0.2, 0) is 0 Å². The van der Waals surface area contributed by atoms with E-state index in [-0.39, 0.29) is 5.69 Å². The number of aromatic nitrogens is 4. The second-order valence-corrected chi connectivity index (χ2v) is 5.16. The van der Waals surface area contributed by atoms with Gasteiger partial charge >= 0.3 is 0 Å². The van der Waals surface area contributed by atoms with E-state index in [1.54, 1.807) is 18.2 Å². The Labute approximate surface area is 129 Å². The van der Waals surface area contributed by atoms with Crippen molar-refractivity contribution >= 4 is 28.9 Å². The summed E-state index contributed by atoms with van der Waals surface area (Å²) >= 11 is 11.9. The molecule has 3 rings (SSSR count). The number of nitrogen functional groups attached to an aromatic ring is 1. The Bertz CT molecular complexity index is 798. The van der Waals surface area contributed by atoms with E-state index in [1.165, 1.54) is 22.9 Å². The third-order valence-corrected chi connectivity index (χ3v) is 3.24. The molecule has 0 spiro atoms. The summed E-state index contributed by atoms with van der Waals surface area (Å²) in [6.45, 7) is 0. The first-order valence-electron chi connectivity index (χ1n) is 5.85. The molecule has 1 heterocycles. The molecule has 2 N–H and O–H groups in total. The minimum atomic E-state index is -0.497. The lowest BCUT2D eigenvalue weighted by Gasteiger charge is -2.07. The van der Waals surface area contributed by atoms with Crippen LogP contribution in [0.2, 0.25) is 10.0 Å². The van der Waals surface area contributed by atoms with Gasteiger partial charge in [0, 0.05) is 21.3 Å². The summed E-state index contributed by atoms with van der Waals surface area (Å²) in [5, 5.41) is 12.1. The van der Waals surface area contributed by atoms with Crippen molar-refractivity contribution in [2.24, 2.45) is 0 Å². The summed E-state index contributed by atoms with van der Waals surface area (Å²) in [6, 6.07) is 9.01. The Morgan fingerprint density at radius 3 is 2.62 bits per heavy atom. The van der Waals surface area contributed by atoms with E-state index in [0.717, 1.165) is 0 Å². The molecule has 0 amide bonds. The molecule has 1 aromatic heterocycles. The summed E-state index contributed by atoms with van der Waals surface area (Å²) in [4.78, 5) is 0. The van der Waals surface area contributed by atoms with Crippen molar-refractivity contribution < 1.29 is 4.39 Å². The Hall–Kier alpha value is -2.18. The predicted octanol–water partition coefficient (Wildman–Crippen LogP) is 3.36. The van der Waals surface area contributed by atoms with Crippen molar-refractivity contribution in [2.75, 3.05) is 5.73 Å². The fourth-order valence-electron chi connectivity index (χ4n) is 1.92. The van der Waals surface area contributed by atoms with E-state index in [2.05, 4.69) is 15.5 Å². The average molecular weight is 324 g/mol. The van der Waals surface area contributed by atoms with Crippen LogP contribution in [0.1, 0.15) is 0 Å². The van der Waals surface area contributed by atoms with Crippen LogP contribution < -0.4 is 5.73 Å². The quantitative estimate of drug-likeness (QED) is 0.734. The molecular formula is C13H8Cl2FN5. The molecule has 0 aliphatic heterocycles. The van der Waals surface area contributed by atoms with Crippen LogP contribution in [0.25, 0.3) is 17.1 Å². The highest BCUT2D eigenvalue weighted by molar-refractivity contribution is 6.31. The monoisotopic (exact) mass is 323 g/mol. The van der Waals surface area contributed by atoms with Crippen molar-refractivity contribution in [3.8, 4) is 17.1 Å². The van der Waals surface area contributed by atoms with Crippen LogP contribution in [0.5, 0.6) is 0 Å². The lowest BCUT2D eigenvalue weighted by Crippen LogP contribution is -2.03. The van der Waals surface area contributed by atoms with E-state index in [4.69, 9.17) is 28.9 Å². The van der Waals surface area contributed by atoms with Gasteiger partial charge in [0.15, 0.2) is 5.82 Å². The molecule has 0 saturated carbocycles. The number of anilines is 1. The zero-order chi connectivity index (χ0) is 15.0. The molecule has 0 radical (unpaired) electrons. The number of rotatable bonds is 2.